The van der Waals surface area contributed by atoms with Gasteiger partial charge in [0.15, 0.2) is 0 Å². The molecule has 2 aromatic rings. The van der Waals surface area contributed by atoms with Crippen molar-refractivity contribution in [2.75, 3.05) is 0 Å². The number of nitrogens with one attached hydrogen (secondary N) is 2. The van der Waals surface area contributed by atoms with Crippen molar-refractivity contribution < 1.29 is 18.0 Å². The molecule has 120 valence electrons. The summed E-state index contributed by atoms with van der Waals surface area (Å²) in [7, 11) is -4.05. The van der Waals surface area contributed by atoms with Gasteiger partial charge in [-0.1, -0.05) is 29.3 Å². The molecular formula is C15H13ClN2O4S. The van der Waals surface area contributed by atoms with Crippen molar-refractivity contribution in [3.8, 4) is 0 Å². The Hall–Kier alpha value is -2.38. The van der Waals surface area contributed by atoms with Crippen LogP contribution in [0.2, 0.25) is 5.02 Å². The Bertz CT molecular complexity index is 831. The Labute approximate surface area is 138 Å². The second-order valence-electron chi connectivity index (χ2n) is 4.71. The van der Waals surface area contributed by atoms with E-state index in [2.05, 4.69) is 0 Å². The van der Waals surface area contributed by atoms with Gasteiger partial charge >= 0.3 is 6.03 Å². The number of sulfonamides is 1. The fourth-order valence-electron chi connectivity index (χ4n) is 1.70. The molecule has 0 atom stereocenters. The van der Waals surface area contributed by atoms with Gasteiger partial charge in [-0.2, -0.15) is 0 Å². The summed E-state index contributed by atoms with van der Waals surface area (Å²) in [6.45, 7) is 1.81. The number of imide groups is 1. The highest BCUT2D eigenvalue weighted by molar-refractivity contribution is 7.90. The molecule has 0 heterocycles. The third kappa shape index (κ3) is 4.54. The van der Waals surface area contributed by atoms with Gasteiger partial charge in [0.05, 0.1) is 4.90 Å². The molecule has 0 aliphatic heterocycles. The molecule has 0 aliphatic rings. The molecule has 2 N–H and O–H groups in total. The quantitative estimate of drug-likeness (QED) is 0.887. The van der Waals surface area contributed by atoms with E-state index in [0.717, 1.165) is 5.56 Å². The predicted octanol–water partition coefficient (Wildman–Crippen LogP) is 2.48. The van der Waals surface area contributed by atoms with Crippen molar-refractivity contribution in [1.82, 2.24) is 10.0 Å². The summed E-state index contributed by atoms with van der Waals surface area (Å²) in [5.74, 6) is -0.738. The zero-order valence-corrected chi connectivity index (χ0v) is 13.6. The molecule has 0 bridgehead atoms. The molecule has 0 aromatic heterocycles. The first kappa shape index (κ1) is 17.0. The minimum Gasteiger partial charge on any atom is -0.273 e. The van der Waals surface area contributed by atoms with Crippen molar-refractivity contribution in [2.45, 2.75) is 11.8 Å². The van der Waals surface area contributed by atoms with Gasteiger partial charge in [0.25, 0.3) is 15.9 Å². The molecular weight excluding hydrogens is 340 g/mol. The van der Waals surface area contributed by atoms with Crippen LogP contribution in [0.15, 0.2) is 53.4 Å². The number of aryl methyl sites for hydroxylation is 1. The minimum atomic E-state index is -4.05. The normalized spacial score (nSPS) is 10.9. The topological polar surface area (TPSA) is 92.3 Å². The molecule has 2 rings (SSSR count). The Morgan fingerprint density at radius 3 is 2.09 bits per heavy atom. The number of hydrogen-bond acceptors (Lipinski definition) is 4. The van der Waals surface area contributed by atoms with Crippen LogP contribution in [0.3, 0.4) is 0 Å². The minimum absolute atomic E-state index is 0.0720. The summed E-state index contributed by atoms with van der Waals surface area (Å²) in [4.78, 5) is 23.5. The zero-order chi connectivity index (χ0) is 17.0. The summed E-state index contributed by atoms with van der Waals surface area (Å²) in [6.07, 6.45) is 0. The maximum absolute atomic E-state index is 12.0. The van der Waals surface area contributed by atoms with E-state index >= 15 is 0 Å². The van der Waals surface area contributed by atoms with Crippen LogP contribution in [0.4, 0.5) is 4.79 Å². The number of carbonyl (C=O) groups excluding carboxylic acids is 2. The third-order valence-electron chi connectivity index (χ3n) is 2.89. The molecule has 0 saturated carbocycles. The van der Waals surface area contributed by atoms with Crippen molar-refractivity contribution in [2.24, 2.45) is 0 Å². The van der Waals surface area contributed by atoms with Crippen LogP contribution in [0.25, 0.3) is 0 Å². The maximum atomic E-state index is 12.0. The number of carbonyl (C=O) groups is 2. The van der Waals surface area contributed by atoms with Crippen LogP contribution in [0.5, 0.6) is 0 Å². The molecule has 0 aliphatic carbocycles. The van der Waals surface area contributed by atoms with E-state index in [-0.39, 0.29) is 10.5 Å². The lowest BCUT2D eigenvalue weighted by atomic mass is 10.2. The van der Waals surface area contributed by atoms with E-state index < -0.39 is 22.0 Å². The van der Waals surface area contributed by atoms with E-state index in [0.29, 0.717) is 5.02 Å². The van der Waals surface area contributed by atoms with E-state index in [1.165, 1.54) is 36.4 Å². The first-order valence-electron chi connectivity index (χ1n) is 6.48. The third-order valence-corrected chi connectivity index (χ3v) is 4.49. The molecule has 0 spiro atoms. The van der Waals surface area contributed by atoms with Gasteiger partial charge in [0, 0.05) is 10.6 Å². The fourth-order valence-corrected chi connectivity index (χ4v) is 2.73. The number of amides is 3. The lowest BCUT2D eigenvalue weighted by Crippen LogP contribution is -2.42. The summed E-state index contributed by atoms with van der Waals surface area (Å²) in [5.41, 5.74) is 1.06. The number of benzene rings is 2. The first-order valence-corrected chi connectivity index (χ1v) is 8.34. The van der Waals surface area contributed by atoms with E-state index in [1.54, 1.807) is 23.8 Å². The molecule has 23 heavy (non-hydrogen) atoms. The number of urea groups is 1. The summed E-state index contributed by atoms with van der Waals surface area (Å²) >= 11 is 5.70. The molecule has 0 radical (unpaired) electrons. The van der Waals surface area contributed by atoms with Crippen molar-refractivity contribution >= 4 is 33.6 Å². The molecule has 6 nitrogen and oxygen atoms in total. The van der Waals surface area contributed by atoms with Crippen molar-refractivity contribution in [3.05, 3.63) is 64.7 Å². The molecule has 3 amide bonds. The van der Waals surface area contributed by atoms with Gasteiger partial charge in [-0.05, 0) is 43.3 Å². The highest BCUT2D eigenvalue weighted by Gasteiger charge is 2.19. The van der Waals surface area contributed by atoms with Gasteiger partial charge in [0.2, 0.25) is 0 Å². The van der Waals surface area contributed by atoms with Crippen LogP contribution < -0.4 is 10.0 Å². The molecule has 8 heteroatoms. The van der Waals surface area contributed by atoms with Crippen molar-refractivity contribution in [1.29, 1.82) is 0 Å². The van der Waals surface area contributed by atoms with Gasteiger partial charge in [0.1, 0.15) is 0 Å². The second kappa shape index (κ2) is 6.80. The van der Waals surface area contributed by atoms with E-state index in [9.17, 15) is 18.0 Å². The standard InChI is InChI=1S/C15H13ClN2O4S/c1-10-2-8-13(9-3-10)23(21,22)18-15(20)17-14(19)11-4-6-12(16)7-5-11/h2-9H,1H3,(H2,17,18,19,20). The molecule has 2 aromatic carbocycles. The Balaban J connectivity index is 2.05. The number of rotatable bonds is 3. The van der Waals surface area contributed by atoms with Gasteiger partial charge in [-0.3, -0.25) is 10.1 Å². The van der Waals surface area contributed by atoms with Crippen LogP contribution >= 0.6 is 11.6 Å². The highest BCUT2D eigenvalue weighted by Crippen LogP contribution is 2.11. The Kier molecular flexibility index (Phi) is 5.02. The van der Waals surface area contributed by atoms with Gasteiger partial charge in [-0.25, -0.2) is 17.9 Å². The largest absolute Gasteiger partial charge is 0.335 e. The molecule has 0 saturated heterocycles. The monoisotopic (exact) mass is 352 g/mol. The smallest absolute Gasteiger partial charge is 0.273 e. The van der Waals surface area contributed by atoms with Crippen LogP contribution in [-0.4, -0.2) is 20.4 Å². The van der Waals surface area contributed by atoms with Crippen LogP contribution in [0, 0.1) is 6.92 Å². The predicted molar refractivity (Wildman–Crippen MR) is 85.8 cm³/mol. The Morgan fingerprint density at radius 2 is 1.52 bits per heavy atom. The van der Waals surface area contributed by atoms with Crippen LogP contribution in [0.1, 0.15) is 15.9 Å². The Morgan fingerprint density at radius 1 is 0.957 bits per heavy atom. The molecule has 0 fully saturated rings. The lowest BCUT2D eigenvalue weighted by Gasteiger charge is -2.08. The average Bonchev–Trinajstić information content (AvgIpc) is 2.47. The van der Waals surface area contributed by atoms with E-state index in [1.807, 2.05) is 5.32 Å². The van der Waals surface area contributed by atoms with Gasteiger partial charge < -0.3 is 0 Å². The highest BCUT2D eigenvalue weighted by atomic mass is 35.5. The van der Waals surface area contributed by atoms with Crippen molar-refractivity contribution in [3.63, 3.8) is 0 Å². The SMILES string of the molecule is Cc1ccc(S(=O)(=O)NC(=O)NC(=O)c2ccc(Cl)cc2)cc1. The first-order chi connectivity index (χ1) is 10.8. The summed E-state index contributed by atoms with van der Waals surface area (Å²) in [6, 6.07) is 10.6. The van der Waals surface area contributed by atoms with E-state index in [4.69, 9.17) is 11.6 Å². The number of halogens is 1. The second-order valence-corrected chi connectivity index (χ2v) is 6.83. The molecule has 0 unspecified atom stereocenters. The average molecular weight is 353 g/mol. The zero-order valence-electron chi connectivity index (χ0n) is 12.0. The summed E-state index contributed by atoms with van der Waals surface area (Å²) < 4.78 is 25.8. The number of hydrogen-bond donors (Lipinski definition) is 2. The summed E-state index contributed by atoms with van der Waals surface area (Å²) in [5, 5.41) is 2.38. The fraction of sp³-hybridized carbons (Fsp3) is 0.0667. The van der Waals surface area contributed by atoms with Gasteiger partial charge in [-0.15, -0.1) is 0 Å². The maximum Gasteiger partial charge on any atom is 0.335 e. The lowest BCUT2D eigenvalue weighted by molar-refractivity contribution is 0.0965. The van der Waals surface area contributed by atoms with Crippen LogP contribution in [-0.2, 0) is 10.0 Å².